The van der Waals surface area contributed by atoms with E-state index in [0.717, 1.165) is 22.3 Å². The summed E-state index contributed by atoms with van der Waals surface area (Å²) in [5, 5.41) is 0. The van der Waals surface area contributed by atoms with Gasteiger partial charge in [0.05, 0.1) is 0 Å². The van der Waals surface area contributed by atoms with E-state index in [-0.39, 0.29) is 0 Å². The monoisotopic (exact) mass is 420 g/mol. The van der Waals surface area contributed by atoms with Gasteiger partial charge in [-0.1, -0.05) is 133 Å². The molecule has 32 heavy (non-hydrogen) atoms. The maximum absolute atomic E-state index is 9.07. The number of hydrogen-bond donors (Lipinski definition) is 0. The predicted molar refractivity (Wildman–Crippen MR) is 137 cm³/mol. The lowest BCUT2D eigenvalue weighted by Gasteiger charge is -2.17. The standard InChI is InChI=1S/C32H32/c1-5-13-27(14-6-1)23-31(24-28-15-7-2-8-16-28)21-22-32(25-29-17-9-3-10-18-29)26-30-19-11-4-12-20-30/h1-22,31-32H,23-26H2/b22-21-/i23D,24D,25D,26D/t23-,24-,25+,26+. The summed E-state index contributed by atoms with van der Waals surface area (Å²) in [7, 11) is 0. The molecule has 0 radical (unpaired) electrons. The Morgan fingerprint density at radius 3 is 0.844 bits per heavy atom. The molecule has 0 unspecified atom stereocenters. The van der Waals surface area contributed by atoms with Crippen molar-refractivity contribution in [2.45, 2.75) is 25.6 Å². The topological polar surface area (TPSA) is 0 Å². The summed E-state index contributed by atoms with van der Waals surface area (Å²) in [6.07, 6.45) is 1.27. The molecular formula is C32H32. The second kappa shape index (κ2) is 11.9. The number of hydrogen-bond acceptors (Lipinski definition) is 0. The van der Waals surface area contributed by atoms with Crippen molar-refractivity contribution in [2.24, 2.45) is 11.8 Å². The van der Waals surface area contributed by atoms with Gasteiger partial charge in [0.15, 0.2) is 0 Å². The minimum atomic E-state index is -0.646. The molecule has 4 rings (SSSR count). The third kappa shape index (κ3) is 7.10. The minimum absolute atomic E-state index is 0.441. The largest absolute Gasteiger partial charge is 0.0845 e. The van der Waals surface area contributed by atoms with Gasteiger partial charge in [0.2, 0.25) is 0 Å². The van der Waals surface area contributed by atoms with Crippen molar-refractivity contribution in [2.75, 3.05) is 0 Å². The summed E-state index contributed by atoms with van der Waals surface area (Å²) < 4.78 is 36.3. The second-order valence-corrected chi connectivity index (χ2v) is 7.85. The molecule has 0 nitrogen and oxygen atoms in total. The van der Waals surface area contributed by atoms with Crippen molar-refractivity contribution < 1.29 is 5.48 Å². The van der Waals surface area contributed by atoms with Crippen LogP contribution in [-0.2, 0) is 25.6 Å². The Labute approximate surface area is 198 Å². The van der Waals surface area contributed by atoms with Crippen LogP contribution in [-0.4, -0.2) is 0 Å². The van der Waals surface area contributed by atoms with Gasteiger partial charge in [0, 0.05) is 5.48 Å². The van der Waals surface area contributed by atoms with Gasteiger partial charge in [-0.2, -0.15) is 0 Å². The molecule has 4 aromatic carbocycles. The van der Waals surface area contributed by atoms with Gasteiger partial charge >= 0.3 is 0 Å². The SMILES string of the molecule is [2H][C@H](c1ccccc1)C(/C=C\C([C@@H]([2H])c1ccccc1)[C@@H]([2H])c1ccccc1)[C@H]([2H])c1ccccc1. The zero-order valence-electron chi connectivity index (χ0n) is 22.2. The zero-order valence-corrected chi connectivity index (χ0v) is 18.2. The average Bonchev–Trinajstić information content (AvgIpc) is 2.96. The lowest BCUT2D eigenvalue weighted by atomic mass is 9.88. The van der Waals surface area contributed by atoms with Crippen LogP contribution in [0.25, 0.3) is 0 Å². The van der Waals surface area contributed by atoms with Crippen LogP contribution in [0.2, 0.25) is 0 Å². The molecule has 0 heterocycles. The molecule has 0 saturated carbocycles. The Hall–Kier alpha value is -3.38. The van der Waals surface area contributed by atoms with Crippen molar-refractivity contribution in [3.63, 3.8) is 0 Å². The first-order valence-electron chi connectivity index (χ1n) is 13.4. The van der Waals surface area contributed by atoms with Crippen molar-refractivity contribution in [1.82, 2.24) is 0 Å². The zero-order chi connectivity index (χ0) is 25.3. The van der Waals surface area contributed by atoms with Crippen LogP contribution in [0.4, 0.5) is 0 Å². The summed E-state index contributed by atoms with van der Waals surface area (Å²) in [6.45, 7) is 0. The second-order valence-electron chi connectivity index (χ2n) is 7.85. The fourth-order valence-electron chi connectivity index (χ4n) is 3.72. The molecule has 4 aromatic rings. The molecule has 0 saturated heterocycles. The third-order valence-electron chi connectivity index (χ3n) is 5.29. The molecule has 0 N–H and O–H groups in total. The molecule has 0 bridgehead atoms. The molecule has 0 aliphatic rings. The first kappa shape index (κ1) is 17.2. The number of allylic oxidation sites excluding steroid dienone is 2. The highest BCUT2D eigenvalue weighted by Gasteiger charge is 2.12. The van der Waals surface area contributed by atoms with Gasteiger partial charge in [-0.25, -0.2) is 0 Å². The minimum Gasteiger partial charge on any atom is -0.0845 e. The smallest absolute Gasteiger partial charge is 0.0322 e. The highest BCUT2D eigenvalue weighted by Crippen LogP contribution is 2.21. The quantitative estimate of drug-likeness (QED) is 0.230. The lowest BCUT2D eigenvalue weighted by Crippen LogP contribution is -2.09. The summed E-state index contributed by atoms with van der Waals surface area (Å²) >= 11 is 0. The third-order valence-corrected chi connectivity index (χ3v) is 5.29. The Balaban J connectivity index is 1.72. The first-order valence-corrected chi connectivity index (χ1v) is 11.1. The van der Waals surface area contributed by atoms with E-state index < -0.39 is 37.4 Å². The molecule has 0 aromatic heterocycles. The van der Waals surface area contributed by atoms with E-state index in [1.54, 1.807) is 0 Å². The van der Waals surface area contributed by atoms with Gasteiger partial charge in [-0.3, -0.25) is 0 Å². The number of rotatable bonds is 10. The van der Waals surface area contributed by atoms with E-state index in [2.05, 4.69) is 0 Å². The van der Waals surface area contributed by atoms with Crippen LogP contribution in [0.1, 0.15) is 27.7 Å². The molecule has 0 heteroatoms. The highest BCUT2D eigenvalue weighted by molar-refractivity contribution is 5.23. The van der Waals surface area contributed by atoms with Crippen LogP contribution in [0.15, 0.2) is 133 Å². The van der Waals surface area contributed by atoms with E-state index >= 15 is 0 Å². The molecule has 0 aliphatic carbocycles. The normalized spacial score (nSPS) is 17.2. The van der Waals surface area contributed by atoms with Crippen molar-refractivity contribution in [1.29, 1.82) is 0 Å². The maximum atomic E-state index is 9.07. The van der Waals surface area contributed by atoms with Crippen LogP contribution < -0.4 is 0 Å². The predicted octanol–water partition coefficient (Wildman–Crippen LogP) is 7.75. The average molecular weight is 421 g/mol. The first-order chi connectivity index (χ1) is 17.6. The van der Waals surface area contributed by atoms with Crippen molar-refractivity contribution in [3.8, 4) is 0 Å². The summed E-state index contributed by atoms with van der Waals surface area (Å²) in [6, 6.07) is 38.6. The van der Waals surface area contributed by atoms with Gasteiger partial charge in [-0.05, 0) is 59.7 Å². The molecule has 160 valence electrons. The molecule has 0 aliphatic heterocycles. The Morgan fingerprint density at radius 2 is 0.625 bits per heavy atom. The van der Waals surface area contributed by atoms with Crippen molar-refractivity contribution in [3.05, 3.63) is 156 Å². The summed E-state index contributed by atoms with van der Waals surface area (Å²) in [5.74, 6) is -0.883. The lowest BCUT2D eigenvalue weighted by molar-refractivity contribution is 0.607. The maximum Gasteiger partial charge on any atom is 0.0322 e. The van der Waals surface area contributed by atoms with Gasteiger partial charge in [0.1, 0.15) is 0 Å². The molecule has 0 spiro atoms. The molecule has 0 amide bonds. The van der Waals surface area contributed by atoms with Gasteiger partial charge in [-0.15, -0.1) is 0 Å². The Kier molecular flexibility index (Phi) is 6.38. The van der Waals surface area contributed by atoms with Gasteiger partial charge in [0.25, 0.3) is 0 Å². The molecule has 0 fully saturated rings. The van der Waals surface area contributed by atoms with Gasteiger partial charge < -0.3 is 0 Å². The molecular weight excluding hydrogens is 384 g/mol. The van der Waals surface area contributed by atoms with E-state index in [4.69, 9.17) is 5.48 Å². The van der Waals surface area contributed by atoms with Crippen LogP contribution in [0, 0.1) is 11.8 Å². The van der Waals surface area contributed by atoms with Crippen LogP contribution in [0.5, 0.6) is 0 Å². The fraction of sp³-hybridized carbons (Fsp3) is 0.188. The van der Waals surface area contributed by atoms with Crippen LogP contribution in [0.3, 0.4) is 0 Å². The summed E-state index contributed by atoms with van der Waals surface area (Å²) in [4.78, 5) is 0. The molecule has 4 atom stereocenters. The van der Waals surface area contributed by atoms with Crippen molar-refractivity contribution >= 4 is 0 Å². The fourth-order valence-corrected chi connectivity index (χ4v) is 3.72. The Bertz CT molecular complexity index is 1010. The van der Waals surface area contributed by atoms with E-state index in [1.165, 1.54) is 0 Å². The summed E-state index contributed by atoms with van der Waals surface area (Å²) in [5.41, 5.74) is 3.42. The van der Waals surface area contributed by atoms with E-state index in [9.17, 15) is 0 Å². The number of benzene rings is 4. The van der Waals surface area contributed by atoms with Crippen LogP contribution >= 0.6 is 0 Å². The highest BCUT2D eigenvalue weighted by atomic mass is 14.2. The Morgan fingerprint density at radius 1 is 0.406 bits per heavy atom. The van der Waals surface area contributed by atoms with E-state index in [1.807, 2.05) is 133 Å². The van der Waals surface area contributed by atoms with E-state index in [0.29, 0.717) is 0 Å².